The Labute approximate surface area is 157 Å². The van der Waals surface area contributed by atoms with Crippen LogP contribution < -0.4 is 0 Å². The summed E-state index contributed by atoms with van der Waals surface area (Å²) in [6, 6.07) is 0. The predicted molar refractivity (Wildman–Crippen MR) is 94.0 cm³/mol. The number of likely N-dealkylation sites (tertiary alicyclic amines) is 1. The van der Waals surface area contributed by atoms with E-state index in [1.807, 2.05) is 0 Å². The van der Waals surface area contributed by atoms with Gasteiger partial charge < -0.3 is 9.84 Å². The summed E-state index contributed by atoms with van der Waals surface area (Å²) < 4.78 is 44.5. The van der Waals surface area contributed by atoms with Gasteiger partial charge in [0, 0.05) is 43.5 Å². The number of hydrogen-bond acceptors (Lipinski definition) is 5. The molecule has 0 radical (unpaired) electrons. The predicted octanol–water partition coefficient (Wildman–Crippen LogP) is 3.33. The molecule has 27 heavy (non-hydrogen) atoms. The number of hydrogen-bond donors (Lipinski definition) is 1. The fourth-order valence-electron chi connectivity index (χ4n) is 4.07. The third-order valence-electron chi connectivity index (χ3n) is 5.75. The molecular formula is C19H28F3N3O2. The van der Waals surface area contributed by atoms with Crippen molar-refractivity contribution in [2.24, 2.45) is 5.92 Å². The maximum Gasteiger partial charge on any atom is 0.451 e. The van der Waals surface area contributed by atoms with Crippen LogP contribution in [-0.2, 0) is 17.5 Å². The summed E-state index contributed by atoms with van der Waals surface area (Å²) in [6.07, 6.45) is -0.522. The van der Waals surface area contributed by atoms with Gasteiger partial charge in [0.1, 0.15) is 0 Å². The normalized spacial score (nSPS) is 26.7. The molecular weight excluding hydrogens is 359 g/mol. The van der Waals surface area contributed by atoms with Crippen LogP contribution in [0.1, 0.15) is 56.6 Å². The van der Waals surface area contributed by atoms with Crippen molar-refractivity contribution in [1.29, 1.82) is 0 Å². The third-order valence-corrected chi connectivity index (χ3v) is 5.75. The van der Waals surface area contributed by atoms with Crippen LogP contribution in [0.4, 0.5) is 13.2 Å². The van der Waals surface area contributed by atoms with Gasteiger partial charge in [0.25, 0.3) is 0 Å². The van der Waals surface area contributed by atoms with E-state index in [1.54, 1.807) is 6.92 Å². The van der Waals surface area contributed by atoms with Crippen molar-refractivity contribution in [3.05, 3.63) is 23.3 Å². The second-order valence-corrected chi connectivity index (χ2v) is 8.26. The van der Waals surface area contributed by atoms with E-state index in [4.69, 9.17) is 4.74 Å². The van der Waals surface area contributed by atoms with E-state index in [0.717, 1.165) is 25.9 Å². The molecule has 8 heteroatoms. The summed E-state index contributed by atoms with van der Waals surface area (Å²) in [7, 11) is 0. The number of halogens is 3. The molecule has 0 aromatic carbocycles. The van der Waals surface area contributed by atoms with Crippen molar-refractivity contribution in [2.75, 3.05) is 13.1 Å². The second-order valence-electron chi connectivity index (χ2n) is 8.26. The minimum Gasteiger partial charge on any atom is -0.393 e. The van der Waals surface area contributed by atoms with Crippen LogP contribution in [0.2, 0.25) is 0 Å². The van der Waals surface area contributed by atoms with E-state index >= 15 is 0 Å². The maximum atomic E-state index is 12.7. The molecule has 3 heterocycles. The molecule has 2 atom stereocenters. The molecule has 1 aromatic rings. The average Bonchev–Trinajstić information content (AvgIpc) is 2.57. The molecule has 2 fully saturated rings. The van der Waals surface area contributed by atoms with Gasteiger partial charge in [-0.1, -0.05) is 13.8 Å². The fraction of sp³-hybridized carbons (Fsp3) is 0.789. The summed E-state index contributed by atoms with van der Waals surface area (Å²) >= 11 is 0. The second kappa shape index (κ2) is 7.64. The molecule has 0 bridgehead atoms. The van der Waals surface area contributed by atoms with Crippen molar-refractivity contribution in [1.82, 2.24) is 14.9 Å². The molecule has 0 aliphatic carbocycles. The monoisotopic (exact) mass is 387 g/mol. The van der Waals surface area contributed by atoms with Crippen LogP contribution >= 0.6 is 0 Å². The largest absolute Gasteiger partial charge is 0.451 e. The lowest BCUT2D eigenvalue weighted by atomic mass is 9.80. The molecule has 0 amide bonds. The topological polar surface area (TPSA) is 58.5 Å². The summed E-state index contributed by atoms with van der Waals surface area (Å²) in [5, 5.41) is 10.3. The number of nitrogens with zero attached hydrogens (tertiary/aromatic N) is 3. The van der Waals surface area contributed by atoms with Crippen LogP contribution in [0, 0.1) is 12.8 Å². The first kappa shape index (κ1) is 20.5. The van der Waals surface area contributed by atoms with Crippen LogP contribution in [0.3, 0.4) is 0 Å². The van der Waals surface area contributed by atoms with Crippen molar-refractivity contribution in [2.45, 2.75) is 77.0 Å². The van der Waals surface area contributed by atoms with Gasteiger partial charge in [0.15, 0.2) is 0 Å². The minimum absolute atomic E-state index is 0.0749. The molecule has 2 aliphatic heterocycles. The number of aliphatic hydroxyl groups is 1. The smallest absolute Gasteiger partial charge is 0.393 e. The standard InChI is InChI=1S/C19H28F3N3O2/c1-12(2)16-8-15(26)9-18(27-16)4-6-25(7-5-18)11-14-10-23-17(19(20,21)22)24-13(14)3/h10,12,15-16,26H,4-9,11H2,1-3H3/t15-,16-/m1/s1. The Bertz CT molecular complexity index is 658. The number of ether oxygens (including phenoxy) is 1. The van der Waals surface area contributed by atoms with Crippen molar-refractivity contribution >= 4 is 0 Å². The molecule has 0 unspecified atom stereocenters. The van der Waals surface area contributed by atoms with E-state index in [-0.39, 0.29) is 17.8 Å². The molecule has 1 N–H and O–H groups in total. The van der Waals surface area contributed by atoms with Crippen molar-refractivity contribution < 1.29 is 23.0 Å². The molecule has 2 saturated heterocycles. The highest BCUT2D eigenvalue weighted by Crippen LogP contribution is 2.39. The van der Waals surface area contributed by atoms with E-state index in [0.29, 0.717) is 36.6 Å². The van der Waals surface area contributed by atoms with Gasteiger partial charge in [0.2, 0.25) is 5.82 Å². The highest BCUT2D eigenvalue weighted by Gasteiger charge is 2.44. The lowest BCUT2D eigenvalue weighted by Crippen LogP contribution is -2.53. The Kier molecular flexibility index (Phi) is 5.80. The van der Waals surface area contributed by atoms with Crippen molar-refractivity contribution in [3.63, 3.8) is 0 Å². The maximum absolute atomic E-state index is 12.7. The number of aromatic nitrogens is 2. The van der Waals surface area contributed by atoms with Gasteiger partial charge in [-0.05, 0) is 32.1 Å². The third kappa shape index (κ3) is 4.78. The van der Waals surface area contributed by atoms with Gasteiger partial charge in [-0.2, -0.15) is 13.2 Å². The Morgan fingerprint density at radius 2 is 2.00 bits per heavy atom. The number of aryl methyl sites for hydroxylation is 1. The van der Waals surface area contributed by atoms with Gasteiger partial charge in [-0.25, -0.2) is 9.97 Å². The van der Waals surface area contributed by atoms with E-state index < -0.39 is 12.0 Å². The van der Waals surface area contributed by atoms with E-state index in [9.17, 15) is 18.3 Å². The minimum atomic E-state index is -4.52. The highest BCUT2D eigenvalue weighted by atomic mass is 19.4. The van der Waals surface area contributed by atoms with E-state index in [1.165, 1.54) is 6.20 Å². The molecule has 5 nitrogen and oxygen atoms in total. The quantitative estimate of drug-likeness (QED) is 0.862. The molecule has 0 saturated carbocycles. The first-order chi connectivity index (χ1) is 12.6. The lowest BCUT2D eigenvalue weighted by molar-refractivity contribution is -0.193. The van der Waals surface area contributed by atoms with Crippen LogP contribution in [-0.4, -0.2) is 50.9 Å². The summed E-state index contributed by atoms with van der Waals surface area (Å²) in [5.74, 6) is -0.729. The Morgan fingerprint density at radius 1 is 1.33 bits per heavy atom. The first-order valence-electron chi connectivity index (χ1n) is 9.56. The van der Waals surface area contributed by atoms with Crippen LogP contribution in [0.25, 0.3) is 0 Å². The average molecular weight is 387 g/mol. The van der Waals surface area contributed by atoms with Crippen LogP contribution in [0.15, 0.2) is 6.20 Å². The Hall–Kier alpha value is -1.25. The summed E-state index contributed by atoms with van der Waals surface area (Å²) in [5.41, 5.74) is 0.792. The number of alkyl halides is 3. The molecule has 3 rings (SSSR count). The van der Waals surface area contributed by atoms with Crippen LogP contribution in [0.5, 0.6) is 0 Å². The molecule has 152 valence electrons. The number of rotatable bonds is 3. The van der Waals surface area contributed by atoms with Gasteiger partial charge >= 0.3 is 6.18 Å². The van der Waals surface area contributed by atoms with Gasteiger partial charge in [-0.3, -0.25) is 4.90 Å². The lowest BCUT2D eigenvalue weighted by Gasteiger charge is -2.49. The van der Waals surface area contributed by atoms with Gasteiger partial charge in [-0.15, -0.1) is 0 Å². The zero-order chi connectivity index (χ0) is 19.8. The fourth-order valence-corrected chi connectivity index (χ4v) is 4.07. The first-order valence-corrected chi connectivity index (χ1v) is 9.56. The highest BCUT2D eigenvalue weighted by molar-refractivity contribution is 5.17. The summed E-state index contributed by atoms with van der Waals surface area (Å²) in [6.45, 7) is 7.88. The summed E-state index contributed by atoms with van der Waals surface area (Å²) in [4.78, 5) is 9.28. The zero-order valence-electron chi connectivity index (χ0n) is 16.1. The SMILES string of the molecule is Cc1nc(C(F)(F)F)ncc1CN1CCC2(CC1)C[C@H](O)C[C@H](C(C)C)O2. The Morgan fingerprint density at radius 3 is 2.56 bits per heavy atom. The number of aliphatic hydroxyl groups excluding tert-OH is 1. The van der Waals surface area contributed by atoms with Gasteiger partial charge in [0.05, 0.1) is 17.8 Å². The molecule has 1 spiro atoms. The Balaban J connectivity index is 1.61. The zero-order valence-corrected chi connectivity index (χ0v) is 16.1. The van der Waals surface area contributed by atoms with Crippen molar-refractivity contribution in [3.8, 4) is 0 Å². The number of piperidine rings is 1. The van der Waals surface area contributed by atoms with E-state index in [2.05, 4.69) is 28.7 Å². The molecule has 2 aliphatic rings. The molecule has 1 aromatic heterocycles.